The van der Waals surface area contributed by atoms with E-state index in [4.69, 9.17) is 0 Å². The number of rotatable bonds is 6. The molecule has 37 heavy (non-hydrogen) atoms. The molecule has 0 saturated carbocycles. The van der Waals surface area contributed by atoms with Gasteiger partial charge in [-0.2, -0.15) is 4.31 Å². The number of hydrogen-bond donors (Lipinski definition) is 1. The Morgan fingerprint density at radius 1 is 0.973 bits per heavy atom. The smallest absolute Gasteiger partial charge is 0.261 e. The molecule has 0 aromatic heterocycles. The fraction of sp³-hybridized carbons (Fsp3) is 0.241. The monoisotopic (exact) mass is 513 g/mol. The highest BCUT2D eigenvalue weighted by Gasteiger charge is 2.61. The molecule has 0 aliphatic carbocycles. The molecule has 0 spiro atoms. The van der Waals surface area contributed by atoms with E-state index in [1.807, 2.05) is 37.3 Å². The molecule has 1 saturated heterocycles. The van der Waals surface area contributed by atoms with Crippen LogP contribution in [0.2, 0.25) is 0 Å². The molecule has 3 heterocycles. The number of anilines is 1. The summed E-state index contributed by atoms with van der Waals surface area (Å²) >= 11 is 0. The van der Waals surface area contributed by atoms with Crippen molar-refractivity contribution >= 4 is 27.5 Å². The first-order valence-electron chi connectivity index (χ1n) is 12.3. The van der Waals surface area contributed by atoms with Crippen molar-refractivity contribution in [2.45, 2.75) is 29.8 Å². The van der Waals surface area contributed by atoms with Crippen LogP contribution in [0.3, 0.4) is 0 Å². The lowest BCUT2D eigenvalue weighted by Gasteiger charge is -2.36. The molecular weight excluding hydrogens is 486 g/mol. The van der Waals surface area contributed by atoms with E-state index in [1.54, 1.807) is 48.5 Å². The van der Waals surface area contributed by atoms with Gasteiger partial charge in [-0.05, 0) is 49.2 Å². The highest BCUT2D eigenvalue weighted by atomic mass is 32.2. The van der Waals surface area contributed by atoms with Crippen LogP contribution in [0, 0.1) is 12.8 Å². The maximum atomic E-state index is 13.9. The second-order valence-corrected chi connectivity index (χ2v) is 11.8. The Kier molecular flexibility index (Phi) is 5.36. The number of imide groups is 1. The van der Waals surface area contributed by atoms with Gasteiger partial charge in [-0.15, -0.1) is 6.58 Å². The number of amides is 2. The van der Waals surface area contributed by atoms with Crippen molar-refractivity contribution in [3.63, 3.8) is 0 Å². The molecular formula is C29H27N3O4S. The van der Waals surface area contributed by atoms with E-state index in [-0.39, 0.29) is 35.7 Å². The summed E-state index contributed by atoms with van der Waals surface area (Å²) in [7, 11) is -3.84. The molecule has 3 aliphatic rings. The van der Waals surface area contributed by atoms with Crippen LogP contribution in [-0.4, -0.2) is 48.7 Å². The van der Waals surface area contributed by atoms with Crippen molar-refractivity contribution in [1.82, 2.24) is 9.21 Å². The molecule has 0 unspecified atom stereocenters. The Balaban J connectivity index is 1.40. The Hall–Kier alpha value is -3.75. The van der Waals surface area contributed by atoms with Gasteiger partial charge in [-0.3, -0.25) is 14.5 Å². The molecule has 8 heteroatoms. The van der Waals surface area contributed by atoms with Crippen LogP contribution in [-0.2, 0) is 15.4 Å². The highest BCUT2D eigenvalue weighted by molar-refractivity contribution is 7.89. The normalized spacial score (nSPS) is 24.5. The predicted molar refractivity (Wildman–Crippen MR) is 141 cm³/mol. The number of carbonyl (C=O) groups excluding carboxylic acids is 2. The Labute approximate surface area is 216 Å². The topological polar surface area (TPSA) is 86.8 Å². The van der Waals surface area contributed by atoms with E-state index in [9.17, 15) is 18.0 Å². The third-order valence-electron chi connectivity index (χ3n) is 8.07. The number of fused-ring (bicyclic) bond motifs is 4. The minimum Gasteiger partial charge on any atom is -0.368 e. The van der Waals surface area contributed by atoms with Gasteiger partial charge in [0.2, 0.25) is 10.0 Å². The summed E-state index contributed by atoms with van der Waals surface area (Å²) in [5.41, 5.74) is 2.91. The number of benzene rings is 3. The van der Waals surface area contributed by atoms with Crippen molar-refractivity contribution in [1.29, 1.82) is 0 Å². The molecule has 6 rings (SSSR count). The summed E-state index contributed by atoms with van der Waals surface area (Å²) in [6, 6.07) is 21.5. The molecule has 3 aliphatic heterocycles. The molecule has 3 atom stereocenters. The lowest BCUT2D eigenvalue weighted by Crippen LogP contribution is -2.48. The number of para-hydroxylation sites is 1. The van der Waals surface area contributed by atoms with Gasteiger partial charge in [0.05, 0.1) is 16.0 Å². The Bertz CT molecular complexity index is 1510. The van der Waals surface area contributed by atoms with Crippen LogP contribution >= 0.6 is 0 Å². The van der Waals surface area contributed by atoms with E-state index < -0.39 is 21.6 Å². The number of hydrogen-bond acceptors (Lipinski definition) is 5. The van der Waals surface area contributed by atoms with Gasteiger partial charge >= 0.3 is 0 Å². The van der Waals surface area contributed by atoms with Crippen LogP contribution in [0.25, 0.3) is 0 Å². The van der Waals surface area contributed by atoms with E-state index in [0.717, 1.165) is 16.8 Å². The largest absolute Gasteiger partial charge is 0.368 e. The van der Waals surface area contributed by atoms with E-state index in [2.05, 4.69) is 11.9 Å². The van der Waals surface area contributed by atoms with E-state index >= 15 is 0 Å². The molecule has 1 fully saturated rings. The fourth-order valence-electron chi connectivity index (χ4n) is 6.20. The number of nitrogens with one attached hydrogen (secondary N) is 1. The van der Waals surface area contributed by atoms with E-state index in [0.29, 0.717) is 17.5 Å². The third-order valence-corrected chi connectivity index (χ3v) is 9.92. The maximum absolute atomic E-state index is 13.9. The van der Waals surface area contributed by atoms with Crippen molar-refractivity contribution in [3.8, 4) is 0 Å². The first kappa shape index (κ1) is 23.6. The molecule has 7 nitrogen and oxygen atoms in total. The Morgan fingerprint density at radius 3 is 2.24 bits per heavy atom. The van der Waals surface area contributed by atoms with Gasteiger partial charge in [-0.25, -0.2) is 8.42 Å². The maximum Gasteiger partial charge on any atom is 0.261 e. The average Bonchev–Trinajstić information content (AvgIpc) is 3.48. The first-order chi connectivity index (χ1) is 17.8. The van der Waals surface area contributed by atoms with Crippen LogP contribution < -0.4 is 5.32 Å². The van der Waals surface area contributed by atoms with Crippen molar-refractivity contribution in [2.75, 3.05) is 18.4 Å². The minimum atomic E-state index is -3.84. The Morgan fingerprint density at radius 2 is 1.59 bits per heavy atom. The van der Waals surface area contributed by atoms with Crippen LogP contribution in [0.4, 0.5) is 5.69 Å². The summed E-state index contributed by atoms with van der Waals surface area (Å²) in [5.74, 6) is -0.862. The van der Waals surface area contributed by atoms with Gasteiger partial charge in [0.15, 0.2) is 0 Å². The van der Waals surface area contributed by atoms with Crippen LogP contribution in [0.5, 0.6) is 0 Å². The highest BCUT2D eigenvalue weighted by Crippen LogP contribution is 2.55. The zero-order chi connectivity index (χ0) is 25.9. The standard InChI is InChI=1S/C29H27N3O4S/c1-3-20-18-32(37(35,36)21-14-12-19(2)13-15-21)28-29(20,24-10-6-7-11-25(24)30-28)16-17-31-26(33)22-8-4-5-9-23(22)27(31)34/h3-15,20,28,30H,1,16-18H2,2H3/t20-,28+,29+/m1/s1. The summed E-state index contributed by atoms with van der Waals surface area (Å²) in [4.78, 5) is 27.7. The molecule has 3 aromatic rings. The molecule has 0 bridgehead atoms. The molecule has 1 N–H and O–H groups in total. The van der Waals surface area contributed by atoms with Crippen LogP contribution in [0.15, 0.2) is 90.3 Å². The summed E-state index contributed by atoms with van der Waals surface area (Å²) < 4.78 is 29.3. The van der Waals surface area contributed by atoms with Crippen molar-refractivity contribution in [3.05, 3.63) is 108 Å². The first-order valence-corrected chi connectivity index (χ1v) is 13.8. The number of sulfonamides is 1. The number of carbonyl (C=O) groups is 2. The van der Waals surface area contributed by atoms with E-state index in [1.165, 1.54) is 9.21 Å². The minimum absolute atomic E-state index is 0.168. The molecule has 2 amide bonds. The lowest BCUT2D eigenvalue weighted by atomic mass is 9.69. The second-order valence-electron chi connectivity index (χ2n) is 9.92. The zero-order valence-electron chi connectivity index (χ0n) is 20.4. The summed E-state index contributed by atoms with van der Waals surface area (Å²) in [5, 5.41) is 3.46. The molecule has 3 aromatic carbocycles. The summed E-state index contributed by atoms with van der Waals surface area (Å²) in [6.45, 7) is 6.40. The number of aryl methyl sites for hydroxylation is 1. The number of nitrogens with zero attached hydrogens (tertiary/aromatic N) is 2. The van der Waals surface area contributed by atoms with Gasteiger partial charge in [0.25, 0.3) is 11.8 Å². The van der Waals surface area contributed by atoms with Gasteiger partial charge in [0, 0.05) is 30.1 Å². The molecule has 188 valence electrons. The lowest BCUT2D eigenvalue weighted by molar-refractivity contribution is 0.0637. The third kappa shape index (κ3) is 3.32. The summed E-state index contributed by atoms with van der Waals surface area (Å²) in [6.07, 6.45) is 1.61. The van der Waals surface area contributed by atoms with Crippen molar-refractivity contribution in [2.24, 2.45) is 5.92 Å². The van der Waals surface area contributed by atoms with Gasteiger partial charge in [0.1, 0.15) is 6.17 Å². The zero-order valence-corrected chi connectivity index (χ0v) is 21.2. The second kappa shape index (κ2) is 8.39. The SMILES string of the molecule is C=C[C@@H]1CN(S(=O)(=O)c2ccc(C)cc2)[C@@H]2Nc3ccccc3[C@]12CCN1C(=O)c2ccccc2C1=O. The van der Waals surface area contributed by atoms with Crippen molar-refractivity contribution < 1.29 is 18.0 Å². The predicted octanol–water partition coefficient (Wildman–Crippen LogP) is 4.18. The van der Waals surface area contributed by atoms with Gasteiger partial charge < -0.3 is 5.32 Å². The average molecular weight is 514 g/mol. The quantitative estimate of drug-likeness (QED) is 0.395. The van der Waals surface area contributed by atoms with Gasteiger partial charge in [-0.1, -0.05) is 54.1 Å². The fourth-order valence-corrected chi connectivity index (χ4v) is 7.82. The van der Waals surface area contributed by atoms with Crippen LogP contribution in [0.1, 0.15) is 38.3 Å². The molecule has 0 radical (unpaired) electrons.